The average Bonchev–Trinajstić information content (AvgIpc) is 3.32. The van der Waals surface area contributed by atoms with Crippen molar-refractivity contribution in [1.82, 2.24) is 5.43 Å². The average molecular weight is 448 g/mol. The van der Waals surface area contributed by atoms with Crippen molar-refractivity contribution in [1.29, 1.82) is 0 Å². The van der Waals surface area contributed by atoms with Crippen molar-refractivity contribution in [3.8, 4) is 28.7 Å². The Morgan fingerprint density at radius 3 is 2.39 bits per heavy atom. The summed E-state index contributed by atoms with van der Waals surface area (Å²) in [5, 5.41) is 3.97. The van der Waals surface area contributed by atoms with Crippen molar-refractivity contribution in [3.63, 3.8) is 0 Å². The Morgan fingerprint density at radius 2 is 1.64 bits per heavy atom. The molecule has 0 saturated heterocycles. The number of fused-ring (bicyclic) bond motifs is 1. The van der Waals surface area contributed by atoms with E-state index in [1.807, 2.05) is 0 Å². The molecule has 1 heterocycles. The highest BCUT2D eigenvalue weighted by Gasteiger charge is 2.16. The van der Waals surface area contributed by atoms with Crippen LogP contribution in [0.2, 0.25) is 0 Å². The summed E-state index contributed by atoms with van der Waals surface area (Å²) in [4.78, 5) is 24.7. The molecule has 168 valence electrons. The largest absolute Gasteiger partial charge is 0.497 e. The number of carbonyl (C=O) groups excluding carboxylic acids is 2. The zero-order chi connectivity index (χ0) is 23.2. The fraction of sp³-hybridized carbons (Fsp3) is 0.125. The van der Waals surface area contributed by atoms with E-state index in [0.29, 0.717) is 39.7 Å². The Labute approximate surface area is 189 Å². The molecule has 0 aliphatic carbocycles. The maximum atomic E-state index is 12.4. The molecule has 4 rings (SSSR count). The van der Waals surface area contributed by atoms with Gasteiger partial charge in [-0.2, -0.15) is 5.10 Å². The number of hydrogen-bond donors (Lipinski definition) is 1. The van der Waals surface area contributed by atoms with Crippen molar-refractivity contribution in [2.45, 2.75) is 0 Å². The number of hydrogen-bond acceptors (Lipinski definition) is 8. The van der Waals surface area contributed by atoms with E-state index in [1.54, 1.807) is 67.8 Å². The van der Waals surface area contributed by atoms with E-state index >= 15 is 0 Å². The molecule has 1 aliphatic heterocycles. The number of esters is 1. The third-order valence-corrected chi connectivity index (χ3v) is 4.73. The summed E-state index contributed by atoms with van der Waals surface area (Å²) in [6.07, 6.45) is 1.45. The summed E-state index contributed by atoms with van der Waals surface area (Å²) in [6, 6.07) is 16.3. The molecular weight excluding hydrogens is 428 g/mol. The molecule has 1 aliphatic rings. The summed E-state index contributed by atoms with van der Waals surface area (Å²) in [7, 11) is 3.01. The predicted molar refractivity (Wildman–Crippen MR) is 119 cm³/mol. The topological polar surface area (TPSA) is 105 Å². The van der Waals surface area contributed by atoms with Crippen molar-refractivity contribution < 1.29 is 33.3 Å². The van der Waals surface area contributed by atoms with Gasteiger partial charge in [0.25, 0.3) is 5.91 Å². The third kappa shape index (κ3) is 5.04. The second-order valence-electron chi connectivity index (χ2n) is 6.80. The van der Waals surface area contributed by atoms with Gasteiger partial charge in [0.1, 0.15) is 5.75 Å². The second kappa shape index (κ2) is 9.73. The minimum absolute atomic E-state index is 0.131. The molecule has 0 aromatic heterocycles. The van der Waals surface area contributed by atoms with Crippen molar-refractivity contribution in [3.05, 3.63) is 77.4 Å². The highest BCUT2D eigenvalue weighted by atomic mass is 16.7. The van der Waals surface area contributed by atoms with E-state index in [4.69, 9.17) is 23.7 Å². The van der Waals surface area contributed by atoms with Crippen LogP contribution < -0.4 is 29.1 Å². The first-order valence-electron chi connectivity index (χ1n) is 9.84. The number of nitrogens with one attached hydrogen (secondary N) is 1. The Balaban J connectivity index is 1.40. The lowest BCUT2D eigenvalue weighted by atomic mass is 10.2. The first-order valence-corrected chi connectivity index (χ1v) is 9.84. The van der Waals surface area contributed by atoms with E-state index in [0.717, 1.165) is 0 Å². The minimum atomic E-state index is -0.534. The summed E-state index contributed by atoms with van der Waals surface area (Å²) in [5.41, 5.74) is 3.83. The third-order valence-electron chi connectivity index (χ3n) is 4.73. The zero-order valence-corrected chi connectivity index (χ0v) is 17.9. The van der Waals surface area contributed by atoms with Gasteiger partial charge in [-0.3, -0.25) is 4.79 Å². The van der Waals surface area contributed by atoms with Crippen LogP contribution in [0.1, 0.15) is 26.3 Å². The maximum absolute atomic E-state index is 12.4. The van der Waals surface area contributed by atoms with Crippen LogP contribution in [0.4, 0.5) is 0 Å². The van der Waals surface area contributed by atoms with E-state index < -0.39 is 11.9 Å². The van der Waals surface area contributed by atoms with Crippen LogP contribution in [0, 0.1) is 0 Å². The standard InChI is InChI=1S/C24H20N2O7/c1-29-18-7-4-16(5-8-18)24(28)33-20-9-3-15(11-21(20)30-2)13-25-26-23(27)17-6-10-19-22(12-17)32-14-31-19/h3-13H,14H2,1-2H3,(H,26,27)/b25-13+. The number of carbonyl (C=O) groups is 2. The SMILES string of the molecule is COc1ccc(C(=O)Oc2ccc(/C=N/NC(=O)c3ccc4c(c3)OCO4)cc2OC)cc1. The number of methoxy groups -OCH3 is 2. The quantitative estimate of drug-likeness (QED) is 0.256. The second-order valence-corrected chi connectivity index (χ2v) is 6.80. The Morgan fingerprint density at radius 1 is 0.879 bits per heavy atom. The number of nitrogens with zero attached hydrogens (tertiary/aromatic N) is 1. The monoisotopic (exact) mass is 448 g/mol. The van der Waals surface area contributed by atoms with Gasteiger partial charge in [0.15, 0.2) is 23.0 Å². The molecule has 0 bridgehead atoms. The Bertz CT molecular complexity index is 1210. The molecular formula is C24H20N2O7. The van der Waals surface area contributed by atoms with Crippen LogP contribution in [-0.2, 0) is 0 Å². The summed E-state index contributed by atoms with van der Waals surface area (Å²) in [5.74, 6) is 1.39. The van der Waals surface area contributed by atoms with Gasteiger partial charge in [0.05, 0.1) is 26.0 Å². The van der Waals surface area contributed by atoms with Gasteiger partial charge < -0.3 is 23.7 Å². The maximum Gasteiger partial charge on any atom is 0.343 e. The molecule has 9 nitrogen and oxygen atoms in total. The van der Waals surface area contributed by atoms with Gasteiger partial charge in [-0.05, 0) is 66.2 Å². The van der Waals surface area contributed by atoms with Crippen molar-refractivity contribution in [2.24, 2.45) is 5.10 Å². The van der Waals surface area contributed by atoms with Gasteiger partial charge in [-0.15, -0.1) is 0 Å². The molecule has 3 aromatic rings. The molecule has 0 saturated carbocycles. The number of rotatable bonds is 7. The number of hydrazone groups is 1. The van der Waals surface area contributed by atoms with Gasteiger partial charge in [0.2, 0.25) is 6.79 Å². The van der Waals surface area contributed by atoms with E-state index in [9.17, 15) is 9.59 Å². The Kier molecular flexibility index (Phi) is 6.40. The van der Waals surface area contributed by atoms with E-state index in [-0.39, 0.29) is 12.5 Å². The molecule has 9 heteroatoms. The van der Waals surface area contributed by atoms with Gasteiger partial charge in [-0.25, -0.2) is 10.2 Å². The lowest BCUT2D eigenvalue weighted by Crippen LogP contribution is -2.17. The number of amides is 1. The van der Waals surface area contributed by atoms with Gasteiger partial charge in [0, 0.05) is 5.56 Å². The van der Waals surface area contributed by atoms with Crippen LogP contribution in [0.25, 0.3) is 0 Å². The molecule has 3 aromatic carbocycles. The lowest BCUT2D eigenvalue weighted by molar-refractivity contribution is 0.0729. The van der Waals surface area contributed by atoms with Crippen LogP contribution in [0.3, 0.4) is 0 Å². The molecule has 0 radical (unpaired) electrons. The van der Waals surface area contributed by atoms with Crippen LogP contribution in [-0.4, -0.2) is 39.1 Å². The summed E-state index contributed by atoms with van der Waals surface area (Å²) >= 11 is 0. The van der Waals surface area contributed by atoms with Gasteiger partial charge in [-0.1, -0.05) is 0 Å². The zero-order valence-electron chi connectivity index (χ0n) is 17.9. The smallest absolute Gasteiger partial charge is 0.343 e. The lowest BCUT2D eigenvalue weighted by Gasteiger charge is -2.10. The van der Waals surface area contributed by atoms with Crippen LogP contribution >= 0.6 is 0 Å². The van der Waals surface area contributed by atoms with Crippen molar-refractivity contribution >= 4 is 18.1 Å². The van der Waals surface area contributed by atoms with E-state index in [2.05, 4.69) is 10.5 Å². The Hall–Kier alpha value is -4.53. The number of benzene rings is 3. The highest BCUT2D eigenvalue weighted by molar-refractivity contribution is 5.95. The van der Waals surface area contributed by atoms with Gasteiger partial charge >= 0.3 is 5.97 Å². The van der Waals surface area contributed by atoms with Crippen molar-refractivity contribution in [2.75, 3.05) is 21.0 Å². The molecule has 0 atom stereocenters. The molecule has 0 spiro atoms. The fourth-order valence-corrected chi connectivity index (χ4v) is 3.00. The molecule has 0 unspecified atom stereocenters. The highest BCUT2D eigenvalue weighted by Crippen LogP contribution is 2.32. The van der Waals surface area contributed by atoms with Crippen LogP contribution in [0.15, 0.2) is 65.8 Å². The fourth-order valence-electron chi connectivity index (χ4n) is 3.00. The normalized spacial score (nSPS) is 11.8. The first kappa shape index (κ1) is 21.7. The van der Waals surface area contributed by atoms with Crippen LogP contribution in [0.5, 0.6) is 28.7 Å². The summed E-state index contributed by atoms with van der Waals surface area (Å²) < 4.78 is 26.4. The first-order chi connectivity index (χ1) is 16.1. The molecule has 0 fully saturated rings. The van der Waals surface area contributed by atoms with E-state index in [1.165, 1.54) is 13.3 Å². The summed E-state index contributed by atoms with van der Waals surface area (Å²) in [6.45, 7) is 0.131. The minimum Gasteiger partial charge on any atom is -0.497 e. The molecule has 1 N–H and O–H groups in total. The predicted octanol–water partition coefficient (Wildman–Crippen LogP) is 3.42. The molecule has 1 amide bonds. The molecule has 33 heavy (non-hydrogen) atoms. The number of ether oxygens (including phenoxy) is 5.